The van der Waals surface area contributed by atoms with Gasteiger partial charge < -0.3 is 15.0 Å². The van der Waals surface area contributed by atoms with Gasteiger partial charge in [0.2, 0.25) is 5.91 Å². The summed E-state index contributed by atoms with van der Waals surface area (Å²) in [5.41, 5.74) is 0.567. The first-order chi connectivity index (χ1) is 9.35. The zero-order valence-corrected chi connectivity index (χ0v) is 10.9. The quantitative estimate of drug-likeness (QED) is 0.905. The first-order valence-corrected chi connectivity index (χ1v) is 6.20. The van der Waals surface area contributed by atoms with Crippen molar-refractivity contribution in [3.05, 3.63) is 24.3 Å². The number of likely N-dealkylation sites (N-methyl/N-ethyl adjacent to an activating group) is 1. The molecule has 0 atom stereocenters. The van der Waals surface area contributed by atoms with Crippen molar-refractivity contribution in [1.29, 1.82) is 0 Å². The van der Waals surface area contributed by atoms with Crippen molar-refractivity contribution in [3.63, 3.8) is 0 Å². The van der Waals surface area contributed by atoms with Gasteiger partial charge in [0, 0.05) is 18.8 Å². The normalized spacial score (nSPS) is 14.8. The molecule has 2 rings (SSSR count). The minimum Gasteiger partial charge on any atom is -0.406 e. The summed E-state index contributed by atoms with van der Waals surface area (Å²) in [6, 6.07) is 5.61. The molecule has 1 aromatic carbocycles. The van der Waals surface area contributed by atoms with Crippen LogP contribution >= 0.6 is 0 Å². The van der Waals surface area contributed by atoms with Gasteiger partial charge in [0.25, 0.3) is 0 Å². The van der Waals surface area contributed by atoms with E-state index in [9.17, 15) is 18.0 Å². The number of benzene rings is 1. The molecule has 20 heavy (non-hydrogen) atoms. The zero-order chi connectivity index (χ0) is 14.8. The fraction of sp³-hybridized carbons (Fsp3) is 0.462. The molecule has 0 saturated heterocycles. The Hall–Kier alpha value is -1.92. The van der Waals surface area contributed by atoms with Crippen molar-refractivity contribution in [3.8, 4) is 5.75 Å². The van der Waals surface area contributed by atoms with E-state index in [2.05, 4.69) is 10.1 Å². The predicted molar refractivity (Wildman–Crippen MR) is 67.4 cm³/mol. The molecule has 1 aliphatic carbocycles. The second-order valence-electron chi connectivity index (χ2n) is 4.66. The highest BCUT2D eigenvalue weighted by Gasteiger charge is 2.31. The Labute approximate surface area is 114 Å². The van der Waals surface area contributed by atoms with Gasteiger partial charge in [-0.2, -0.15) is 0 Å². The topological polar surface area (TPSA) is 41.6 Å². The Morgan fingerprint density at radius 2 is 1.95 bits per heavy atom. The van der Waals surface area contributed by atoms with Crippen LogP contribution in [0, 0.1) is 0 Å². The minimum absolute atomic E-state index is 0.0388. The molecule has 0 unspecified atom stereocenters. The van der Waals surface area contributed by atoms with Gasteiger partial charge in [-0.15, -0.1) is 13.2 Å². The van der Waals surface area contributed by atoms with Crippen molar-refractivity contribution in [2.75, 3.05) is 18.9 Å². The van der Waals surface area contributed by atoms with E-state index in [1.165, 1.54) is 24.3 Å². The summed E-state index contributed by atoms with van der Waals surface area (Å²) in [5.74, 6) is -0.326. The van der Waals surface area contributed by atoms with Gasteiger partial charge in [0.15, 0.2) is 0 Å². The lowest BCUT2D eigenvalue weighted by Gasteiger charge is -2.17. The van der Waals surface area contributed by atoms with E-state index in [1.807, 2.05) is 0 Å². The summed E-state index contributed by atoms with van der Waals surface area (Å²) in [6.07, 6.45) is -2.63. The Morgan fingerprint density at radius 3 is 2.45 bits per heavy atom. The van der Waals surface area contributed by atoms with Crippen molar-refractivity contribution in [2.45, 2.75) is 25.2 Å². The van der Waals surface area contributed by atoms with Gasteiger partial charge in [0.1, 0.15) is 5.75 Å². The van der Waals surface area contributed by atoms with Crippen LogP contribution in [0.1, 0.15) is 12.8 Å². The molecule has 1 amide bonds. The molecule has 1 saturated carbocycles. The molecular weight excluding hydrogens is 273 g/mol. The predicted octanol–water partition coefficient (Wildman–Crippen LogP) is 2.62. The van der Waals surface area contributed by atoms with Crippen LogP contribution in [0.15, 0.2) is 24.3 Å². The number of hydrogen-bond acceptors (Lipinski definition) is 3. The van der Waals surface area contributed by atoms with Gasteiger partial charge in [-0.1, -0.05) is 0 Å². The number of carbonyl (C=O) groups excluding carboxylic acids is 1. The molecule has 7 heteroatoms. The molecule has 0 spiro atoms. The summed E-state index contributed by atoms with van der Waals surface area (Å²) >= 11 is 0. The van der Waals surface area contributed by atoms with E-state index in [1.54, 1.807) is 11.9 Å². The molecule has 1 aliphatic rings. The average Bonchev–Trinajstić information content (AvgIpc) is 3.19. The summed E-state index contributed by atoms with van der Waals surface area (Å²) in [4.78, 5) is 13.4. The standard InChI is InChI=1S/C13H15F3N2O2/c1-18(10-4-5-10)12(19)8-17-9-2-6-11(7-3-9)20-13(14,15)16/h2-3,6-7,10,17H,4-5,8H2,1H3. The second-order valence-corrected chi connectivity index (χ2v) is 4.66. The highest BCUT2D eigenvalue weighted by molar-refractivity contribution is 5.81. The van der Waals surface area contributed by atoms with Crippen molar-refractivity contribution >= 4 is 11.6 Å². The number of anilines is 1. The van der Waals surface area contributed by atoms with Crippen LogP contribution in [0.5, 0.6) is 5.75 Å². The van der Waals surface area contributed by atoms with E-state index in [0.717, 1.165) is 12.8 Å². The van der Waals surface area contributed by atoms with E-state index >= 15 is 0 Å². The van der Waals surface area contributed by atoms with Gasteiger partial charge in [0.05, 0.1) is 6.54 Å². The summed E-state index contributed by atoms with van der Waals surface area (Å²) in [7, 11) is 1.75. The van der Waals surface area contributed by atoms with Gasteiger partial charge in [-0.3, -0.25) is 4.79 Å². The third kappa shape index (κ3) is 4.32. The van der Waals surface area contributed by atoms with Gasteiger partial charge in [-0.05, 0) is 37.1 Å². The molecule has 110 valence electrons. The smallest absolute Gasteiger partial charge is 0.406 e. The maximum atomic E-state index is 12.0. The molecule has 4 nitrogen and oxygen atoms in total. The monoisotopic (exact) mass is 288 g/mol. The summed E-state index contributed by atoms with van der Waals surface area (Å²) in [5, 5.41) is 2.87. The average molecular weight is 288 g/mol. The number of carbonyl (C=O) groups is 1. The molecule has 0 heterocycles. The van der Waals surface area contributed by atoms with Crippen LogP contribution in [0.4, 0.5) is 18.9 Å². The van der Waals surface area contributed by atoms with Crippen LogP contribution < -0.4 is 10.1 Å². The Bertz CT molecular complexity index is 469. The lowest BCUT2D eigenvalue weighted by atomic mass is 10.3. The zero-order valence-electron chi connectivity index (χ0n) is 10.9. The Kier molecular flexibility index (Phi) is 4.06. The second kappa shape index (κ2) is 5.60. The minimum atomic E-state index is -4.70. The number of halogens is 3. The van der Waals surface area contributed by atoms with E-state index in [-0.39, 0.29) is 18.2 Å². The number of nitrogens with one attached hydrogen (secondary N) is 1. The number of rotatable bonds is 5. The number of ether oxygens (including phenoxy) is 1. The van der Waals surface area contributed by atoms with E-state index in [0.29, 0.717) is 11.7 Å². The van der Waals surface area contributed by atoms with Gasteiger partial charge >= 0.3 is 6.36 Å². The molecule has 0 aromatic heterocycles. The number of alkyl halides is 3. The molecule has 1 fully saturated rings. The SMILES string of the molecule is CN(C(=O)CNc1ccc(OC(F)(F)F)cc1)C1CC1. The fourth-order valence-electron chi connectivity index (χ4n) is 1.74. The maximum Gasteiger partial charge on any atom is 0.573 e. The molecule has 0 radical (unpaired) electrons. The summed E-state index contributed by atoms with van der Waals surface area (Å²) < 4.78 is 39.7. The van der Waals surface area contributed by atoms with E-state index < -0.39 is 6.36 Å². The number of hydrogen-bond donors (Lipinski definition) is 1. The summed E-state index contributed by atoms with van der Waals surface area (Å²) in [6.45, 7) is 0.118. The first-order valence-electron chi connectivity index (χ1n) is 6.20. The van der Waals surface area contributed by atoms with Crippen molar-refractivity contribution in [1.82, 2.24) is 4.90 Å². The molecule has 0 bridgehead atoms. The van der Waals surface area contributed by atoms with Crippen LogP contribution in [-0.4, -0.2) is 36.8 Å². The lowest BCUT2D eigenvalue weighted by molar-refractivity contribution is -0.274. The van der Waals surface area contributed by atoms with Crippen LogP contribution in [0.2, 0.25) is 0 Å². The van der Waals surface area contributed by atoms with Crippen LogP contribution in [-0.2, 0) is 4.79 Å². The first kappa shape index (κ1) is 14.5. The van der Waals surface area contributed by atoms with Crippen LogP contribution in [0.3, 0.4) is 0 Å². The van der Waals surface area contributed by atoms with Crippen molar-refractivity contribution in [2.24, 2.45) is 0 Å². The fourth-order valence-corrected chi connectivity index (χ4v) is 1.74. The third-order valence-corrected chi connectivity index (χ3v) is 3.02. The van der Waals surface area contributed by atoms with E-state index in [4.69, 9.17) is 0 Å². The molecule has 1 aromatic rings. The largest absolute Gasteiger partial charge is 0.573 e. The third-order valence-electron chi connectivity index (χ3n) is 3.02. The lowest BCUT2D eigenvalue weighted by Crippen LogP contribution is -2.33. The number of nitrogens with zero attached hydrogens (tertiary/aromatic N) is 1. The maximum absolute atomic E-state index is 12.0. The highest BCUT2D eigenvalue weighted by atomic mass is 19.4. The Balaban J connectivity index is 1.82. The van der Waals surface area contributed by atoms with Crippen molar-refractivity contribution < 1.29 is 22.7 Å². The molecular formula is C13H15F3N2O2. The van der Waals surface area contributed by atoms with Crippen LogP contribution in [0.25, 0.3) is 0 Å². The molecule has 1 N–H and O–H groups in total. The Morgan fingerprint density at radius 1 is 1.35 bits per heavy atom. The highest BCUT2D eigenvalue weighted by Crippen LogP contribution is 2.26. The molecule has 0 aliphatic heterocycles. The number of amides is 1. The van der Waals surface area contributed by atoms with Gasteiger partial charge in [-0.25, -0.2) is 0 Å².